The summed E-state index contributed by atoms with van der Waals surface area (Å²) in [6, 6.07) is 7.17. The molecule has 1 aromatic heterocycles. The zero-order valence-corrected chi connectivity index (χ0v) is 16.7. The van der Waals surface area contributed by atoms with Gasteiger partial charge in [0.25, 0.3) is 5.91 Å². The van der Waals surface area contributed by atoms with Gasteiger partial charge in [0.15, 0.2) is 11.5 Å². The lowest BCUT2D eigenvalue weighted by atomic mass is 10.1. The first-order valence-corrected chi connectivity index (χ1v) is 9.43. The summed E-state index contributed by atoms with van der Waals surface area (Å²) in [6.45, 7) is 2.19. The Kier molecular flexibility index (Phi) is 7.18. The van der Waals surface area contributed by atoms with E-state index in [1.165, 1.54) is 0 Å². The number of hydrogen-bond donors (Lipinski definition) is 3. The Labute approximate surface area is 174 Å². The van der Waals surface area contributed by atoms with Gasteiger partial charge in [-0.2, -0.15) is 5.10 Å². The molecule has 2 aliphatic rings. The molecule has 2 atom stereocenters. The highest BCUT2D eigenvalue weighted by atomic mass is 35.5. The molecule has 2 aliphatic heterocycles. The number of fused-ring (bicyclic) bond motifs is 1. The molecule has 9 nitrogen and oxygen atoms in total. The van der Waals surface area contributed by atoms with Crippen LogP contribution in [-0.4, -0.2) is 59.9 Å². The summed E-state index contributed by atoms with van der Waals surface area (Å²) >= 11 is 0. The third kappa shape index (κ3) is 5.31. The number of piperidine rings is 1. The number of ether oxygens (including phenoxy) is 3. The van der Waals surface area contributed by atoms with Gasteiger partial charge in [-0.3, -0.25) is 9.48 Å². The standard InChI is InChI=1S/C19H24N4O5.ClH/c24-14(11-26-15-3-4-17-18(8-15)28-12-27-17)10-21-19(25)16-5-7-23(22-16)13-2-1-6-20-9-13;/h3-5,7-8,13-14,20,24H,1-2,6,9-12H2,(H,21,25);1H. The van der Waals surface area contributed by atoms with E-state index < -0.39 is 6.10 Å². The van der Waals surface area contributed by atoms with Crippen LogP contribution >= 0.6 is 12.4 Å². The molecule has 0 radical (unpaired) electrons. The van der Waals surface area contributed by atoms with Gasteiger partial charge in [-0.1, -0.05) is 0 Å². The van der Waals surface area contributed by atoms with Gasteiger partial charge in [0.05, 0.1) is 6.04 Å². The minimum atomic E-state index is -0.848. The Balaban J connectivity index is 0.00000240. The van der Waals surface area contributed by atoms with Crippen LogP contribution in [0.5, 0.6) is 17.2 Å². The van der Waals surface area contributed by atoms with E-state index in [-0.39, 0.29) is 44.3 Å². The summed E-state index contributed by atoms with van der Waals surface area (Å²) in [4.78, 5) is 12.3. The second-order valence-corrected chi connectivity index (χ2v) is 6.87. The van der Waals surface area contributed by atoms with E-state index in [1.54, 1.807) is 24.3 Å². The maximum absolute atomic E-state index is 12.3. The van der Waals surface area contributed by atoms with Crippen molar-refractivity contribution >= 4 is 18.3 Å². The largest absolute Gasteiger partial charge is 0.491 e. The van der Waals surface area contributed by atoms with Gasteiger partial charge in [0.1, 0.15) is 24.2 Å². The number of aliphatic hydroxyl groups is 1. The number of aliphatic hydroxyl groups excluding tert-OH is 1. The van der Waals surface area contributed by atoms with Crippen LogP contribution in [0.4, 0.5) is 0 Å². The molecule has 2 aromatic rings. The lowest BCUT2D eigenvalue weighted by Gasteiger charge is -2.22. The van der Waals surface area contributed by atoms with Crippen LogP contribution < -0.4 is 24.8 Å². The number of halogens is 1. The summed E-state index contributed by atoms with van der Waals surface area (Å²) in [5.74, 6) is 1.53. The first-order chi connectivity index (χ1) is 13.7. The number of carbonyl (C=O) groups is 1. The Morgan fingerprint density at radius 3 is 3.07 bits per heavy atom. The van der Waals surface area contributed by atoms with Crippen molar-refractivity contribution in [3.63, 3.8) is 0 Å². The van der Waals surface area contributed by atoms with Crippen LogP contribution in [0, 0.1) is 0 Å². The van der Waals surface area contributed by atoms with Crippen molar-refractivity contribution in [1.82, 2.24) is 20.4 Å². The van der Waals surface area contributed by atoms with Gasteiger partial charge >= 0.3 is 0 Å². The van der Waals surface area contributed by atoms with Gasteiger partial charge < -0.3 is 30.0 Å². The summed E-state index contributed by atoms with van der Waals surface area (Å²) in [7, 11) is 0. The number of aromatic nitrogens is 2. The number of carbonyl (C=O) groups excluding carboxylic acids is 1. The molecular weight excluding hydrogens is 400 g/mol. The highest BCUT2D eigenvalue weighted by Gasteiger charge is 2.18. The Morgan fingerprint density at radius 1 is 1.38 bits per heavy atom. The van der Waals surface area contributed by atoms with Crippen molar-refractivity contribution in [1.29, 1.82) is 0 Å². The number of hydrogen-bond acceptors (Lipinski definition) is 7. The lowest BCUT2D eigenvalue weighted by molar-refractivity contribution is 0.0838. The maximum atomic E-state index is 12.3. The van der Waals surface area contributed by atoms with Gasteiger partial charge in [-0.15, -0.1) is 12.4 Å². The fourth-order valence-electron chi connectivity index (χ4n) is 3.24. The van der Waals surface area contributed by atoms with E-state index in [0.29, 0.717) is 22.9 Å². The van der Waals surface area contributed by atoms with Crippen LogP contribution in [0.2, 0.25) is 0 Å². The number of nitrogens with zero attached hydrogens (tertiary/aromatic N) is 2. The molecule has 0 aliphatic carbocycles. The van der Waals surface area contributed by atoms with Crippen molar-refractivity contribution in [2.45, 2.75) is 25.0 Å². The normalized spacial score (nSPS) is 18.6. The molecule has 1 amide bonds. The Hall–Kier alpha value is -2.49. The predicted molar refractivity (Wildman–Crippen MR) is 107 cm³/mol. The number of nitrogens with one attached hydrogen (secondary N) is 2. The zero-order valence-electron chi connectivity index (χ0n) is 15.9. The van der Waals surface area contributed by atoms with Gasteiger partial charge in [-0.25, -0.2) is 0 Å². The molecule has 0 spiro atoms. The molecule has 1 fully saturated rings. The molecule has 29 heavy (non-hydrogen) atoms. The second kappa shape index (κ2) is 9.82. The summed E-state index contributed by atoms with van der Waals surface area (Å²) in [6.07, 6.45) is 3.12. The average molecular weight is 425 g/mol. The molecule has 0 bridgehead atoms. The van der Waals surface area contributed by atoms with Crippen LogP contribution in [0.15, 0.2) is 30.5 Å². The van der Waals surface area contributed by atoms with E-state index in [0.717, 1.165) is 25.9 Å². The molecule has 2 unspecified atom stereocenters. The minimum Gasteiger partial charge on any atom is -0.491 e. The molecule has 1 aromatic carbocycles. The molecule has 158 valence electrons. The number of rotatable bonds is 7. The minimum absolute atomic E-state index is 0. The van der Waals surface area contributed by atoms with Gasteiger partial charge in [-0.05, 0) is 37.6 Å². The molecule has 4 rings (SSSR count). The number of amides is 1. The second-order valence-electron chi connectivity index (χ2n) is 6.87. The van der Waals surface area contributed by atoms with Crippen molar-refractivity contribution < 1.29 is 24.1 Å². The van der Waals surface area contributed by atoms with E-state index in [4.69, 9.17) is 14.2 Å². The fourth-order valence-corrected chi connectivity index (χ4v) is 3.24. The first kappa shape index (κ1) is 21.2. The van der Waals surface area contributed by atoms with E-state index >= 15 is 0 Å². The van der Waals surface area contributed by atoms with Crippen LogP contribution in [0.1, 0.15) is 29.4 Å². The van der Waals surface area contributed by atoms with Crippen molar-refractivity contribution in [3.05, 3.63) is 36.2 Å². The Bertz CT molecular complexity index is 825. The first-order valence-electron chi connectivity index (χ1n) is 9.43. The summed E-state index contributed by atoms with van der Waals surface area (Å²) < 4.78 is 17.9. The highest BCUT2D eigenvalue weighted by molar-refractivity contribution is 5.92. The molecule has 1 saturated heterocycles. The van der Waals surface area contributed by atoms with Gasteiger partial charge in [0.2, 0.25) is 6.79 Å². The van der Waals surface area contributed by atoms with Crippen LogP contribution in [0.25, 0.3) is 0 Å². The highest BCUT2D eigenvalue weighted by Crippen LogP contribution is 2.35. The SMILES string of the molecule is Cl.O=C(NCC(O)COc1ccc2c(c1)OCO2)c1ccn(C2CCCNC2)n1. The predicted octanol–water partition coefficient (Wildman–Crippen LogP) is 1.13. The molecule has 3 heterocycles. The topological polar surface area (TPSA) is 107 Å². The molecular formula is C19H25ClN4O5. The summed E-state index contributed by atoms with van der Waals surface area (Å²) in [5.41, 5.74) is 0.342. The smallest absolute Gasteiger partial charge is 0.271 e. The van der Waals surface area contributed by atoms with Crippen molar-refractivity contribution in [3.8, 4) is 17.2 Å². The average Bonchev–Trinajstić information content (AvgIpc) is 3.40. The molecule has 3 N–H and O–H groups in total. The van der Waals surface area contributed by atoms with E-state index in [1.807, 2.05) is 10.9 Å². The monoisotopic (exact) mass is 424 g/mol. The van der Waals surface area contributed by atoms with Crippen LogP contribution in [0.3, 0.4) is 0 Å². The maximum Gasteiger partial charge on any atom is 0.271 e. The zero-order chi connectivity index (χ0) is 19.3. The fraction of sp³-hybridized carbons (Fsp3) is 0.474. The van der Waals surface area contributed by atoms with Crippen LogP contribution in [-0.2, 0) is 0 Å². The number of benzene rings is 1. The van der Waals surface area contributed by atoms with Gasteiger partial charge in [0, 0.05) is 25.4 Å². The molecule has 0 saturated carbocycles. The Morgan fingerprint density at radius 2 is 2.24 bits per heavy atom. The van der Waals surface area contributed by atoms with Crippen molar-refractivity contribution in [2.75, 3.05) is 33.0 Å². The molecule has 10 heteroatoms. The third-order valence-electron chi connectivity index (χ3n) is 4.77. The quantitative estimate of drug-likeness (QED) is 0.611. The summed E-state index contributed by atoms with van der Waals surface area (Å²) in [5, 5.41) is 20.5. The van der Waals surface area contributed by atoms with Crippen molar-refractivity contribution in [2.24, 2.45) is 0 Å². The van der Waals surface area contributed by atoms with E-state index in [2.05, 4.69) is 15.7 Å². The lowest BCUT2D eigenvalue weighted by Crippen LogP contribution is -2.36. The van der Waals surface area contributed by atoms with E-state index in [9.17, 15) is 9.90 Å². The third-order valence-corrected chi connectivity index (χ3v) is 4.77.